The van der Waals surface area contributed by atoms with Crippen LogP contribution in [0.5, 0.6) is 5.75 Å². The predicted molar refractivity (Wildman–Crippen MR) is 110 cm³/mol. The van der Waals surface area contributed by atoms with Gasteiger partial charge in [0.25, 0.3) is 0 Å². The summed E-state index contributed by atoms with van der Waals surface area (Å²) in [5.41, 5.74) is 2.17. The van der Waals surface area contributed by atoms with E-state index in [0.717, 1.165) is 36.7 Å². The average Bonchev–Trinajstić information content (AvgIpc) is 3.08. The van der Waals surface area contributed by atoms with Gasteiger partial charge in [-0.05, 0) is 35.0 Å². The highest BCUT2D eigenvalue weighted by molar-refractivity contribution is 9.10. The van der Waals surface area contributed by atoms with Crippen molar-refractivity contribution in [1.29, 1.82) is 0 Å². The summed E-state index contributed by atoms with van der Waals surface area (Å²) in [4.78, 5) is 0. The minimum Gasteiger partial charge on any atom is -0.464 e. The molecular weight excluding hydrogens is 442 g/mol. The first kappa shape index (κ1) is 15.2. The smallest absolute Gasteiger partial charge is 0.196 e. The lowest BCUT2D eigenvalue weighted by Gasteiger charge is -2.11. The predicted octanol–water partition coefficient (Wildman–Crippen LogP) is 7.02. The summed E-state index contributed by atoms with van der Waals surface area (Å²) in [7, 11) is 0. The molecule has 122 valence electrons. The zero-order valence-corrected chi connectivity index (χ0v) is 16.3. The summed E-state index contributed by atoms with van der Waals surface area (Å²) in [6, 6.07) is 23.0. The molecule has 4 aromatic rings. The maximum atomic E-state index is 6.36. The second kappa shape index (κ2) is 5.75. The van der Waals surface area contributed by atoms with Gasteiger partial charge in [0, 0.05) is 25.3 Å². The van der Waals surface area contributed by atoms with Gasteiger partial charge in [-0.2, -0.15) is 0 Å². The normalized spacial score (nSPS) is 15.8. The number of ether oxygens (including phenoxy) is 1. The SMILES string of the molecule is Brc1ccc2c(c1)c1c(c3cc(Br)ccc32)OC(c2ccccc2)N1. The Balaban J connectivity index is 1.81. The maximum absolute atomic E-state index is 6.36. The first-order chi connectivity index (χ1) is 12.2. The number of nitrogens with one attached hydrogen (secondary N) is 1. The highest BCUT2D eigenvalue weighted by Crippen LogP contribution is 2.49. The van der Waals surface area contributed by atoms with Crippen LogP contribution >= 0.6 is 31.9 Å². The lowest BCUT2D eigenvalue weighted by molar-refractivity contribution is 0.262. The molecule has 0 saturated carbocycles. The Bertz CT molecular complexity index is 1050. The number of hydrogen-bond acceptors (Lipinski definition) is 2. The number of hydrogen-bond donors (Lipinski definition) is 1. The summed E-state index contributed by atoms with van der Waals surface area (Å²) >= 11 is 7.19. The Hall–Kier alpha value is -2.04. The van der Waals surface area contributed by atoms with Crippen LogP contribution in [0.3, 0.4) is 0 Å². The van der Waals surface area contributed by atoms with Gasteiger partial charge in [0.1, 0.15) is 0 Å². The second-order valence-corrected chi connectivity index (χ2v) is 7.97. The summed E-state index contributed by atoms with van der Waals surface area (Å²) in [5.74, 6) is 0.913. The molecule has 0 bridgehead atoms. The van der Waals surface area contributed by atoms with Crippen molar-refractivity contribution in [2.24, 2.45) is 0 Å². The molecule has 2 nitrogen and oxygen atoms in total. The molecule has 0 fully saturated rings. The van der Waals surface area contributed by atoms with Gasteiger partial charge in [0.2, 0.25) is 0 Å². The van der Waals surface area contributed by atoms with E-state index in [-0.39, 0.29) is 6.23 Å². The molecule has 25 heavy (non-hydrogen) atoms. The Kier molecular flexibility index (Phi) is 3.50. The minimum atomic E-state index is -0.178. The molecule has 0 radical (unpaired) electrons. The molecule has 1 heterocycles. The van der Waals surface area contributed by atoms with Crippen molar-refractivity contribution in [3.8, 4) is 5.75 Å². The molecule has 1 atom stereocenters. The fraction of sp³-hybridized carbons (Fsp3) is 0.0476. The van der Waals surface area contributed by atoms with Crippen LogP contribution in [-0.2, 0) is 0 Å². The molecule has 4 heteroatoms. The zero-order chi connectivity index (χ0) is 17.0. The Morgan fingerprint density at radius 3 is 2.08 bits per heavy atom. The largest absolute Gasteiger partial charge is 0.464 e. The van der Waals surface area contributed by atoms with Crippen LogP contribution in [0.25, 0.3) is 21.5 Å². The van der Waals surface area contributed by atoms with Crippen LogP contribution in [0.1, 0.15) is 11.8 Å². The molecule has 0 saturated heterocycles. The average molecular weight is 455 g/mol. The van der Waals surface area contributed by atoms with Gasteiger partial charge in [0.15, 0.2) is 12.0 Å². The number of anilines is 1. The maximum Gasteiger partial charge on any atom is 0.196 e. The van der Waals surface area contributed by atoms with E-state index in [1.165, 1.54) is 10.8 Å². The fourth-order valence-electron chi connectivity index (χ4n) is 3.48. The lowest BCUT2D eigenvalue weighted by atomic mass is 9.99. The van der Waals surface area contributed by atoms with Crippen LogP contribution < -0.4 is 10.1 Å². The standard InChI is InChI=1S/C21H13Br2NO/c22-13-6-8-15-16-9-7-14(23)11-18(16)20-19(17(15)10-13)24-21(25-20)12-4-2-1-3-5-12/h1-11,21,24H. The van der Waals surface area contributed by atoms with Crippen molar-refractivity contribution in [3.63, 3.8) is 0 Å². The molecular formula is C21H13Br2NO. The van der Waals surface area contributed by atoms with Crippen molar-refractivity contribution in [1.82, 2.24) is 0 Å². The quantitative estimate of drug-likeness (QED) is 0.312. The molecule has 1 aliphatic heterocycles. The third-order valence-electron chi connectivity index (χ3n) is 4.61. The first-order valence-electron chi connectivity index (χ1n) is 8.03. The third-order valence-corrected chi connectivity index (χ3v) is 5.59. The van der Waals surface area contributed by atoms with Crippen LogP contribution in [0.15, 0.2) is 75.7 Å². The van der Waals surface area contributed by atoms with E-state index in [9.17, 15) is 0 Å². The molecule has 1 unspecified atom stereocenters. The van der Waals surface area contributed by atoms with Crippen LogP contribution in [0, 0.1) is 0 Å². The summed E-state index contributed by atoms with van der Waals surface area (Å²) in [6.07, 6.45) is -0.178. The molecule has 0 spiro atoms. The van der Waals surface area contributed by atoms with E-state index in [0.29, 0.717) is 0 Å². The highest BCUT2D eigenvalue weighted by Gasteiger charge is 2.28. The molecule has 4 aromatic carbocycles. The van der Waals surface area contributed by atoms with E-state index in [2.05, 4.69) is 85.7 Å². The van der Waals surface area contributed by atoms with Gasteiger partial charge in [-0.3, -0.25) is 0 Å². The number of benzene rings is 4. The first-order valence-corrected chi connectivity index (χ1v) is 9.62. The van der Waals surface area contributed by atoms with E-state index >= 15 is 0 Å². The van der Waals surface area contributed by atoms with E-state index in [4.69, 9.17) is 4.74 Å². The van der Waals surface area contributed by atoms with Crippen LogP contribution in [0.4, 0.5) is 5.69 Å². The number of rotatable bonds is 1. The van der Waals surface area contributed by atoms with Crippen molar-refractivity contribution < 1.29 is 4.74 Å². The van der Waals surface area contributed by atoms with Gasteiger partial charge in [0.05, 0.1) is 5.69 Å². The summed E-state index contributed by atoms with van der Waals surface area (Å²) in [5, 5.41) is 8.27. The minimum absolute atomic E-state index is 0.178. The van der Waals surface area contributed by atoms with Crippen molar-refractivity contribution >= 4 is 59.1 Å². The van der Waals surface area contributed by atoms with E-state index < -0.39 is 0 Å². The molecule has 0 aliphatic carbocycles. The van der Waals surface area contributed by atoms with E-state index in [1.807, 2.05) is 18.2 Å². The Morgan fingerprint density at radius 1 is 0.720 bits per heavy atom. The summed E-state index contributed by atoms with van der Waals surface area (Å²) < 4.78 is 8.47. The fourth-order valence-corrected chi connectivity index (χ4v) is 4.20. The van der Waals surface area contributed by atoms with Gasteiger partial charge in [-0.25, -0.2) is 0 Å². The van der Waals surface area contributed by atoms with Crippen molar-refractivity contribution in [2.45, 2.75) is 6.23 Å². The Morgan fingerprint density at radius 2 is 1.36 bits per heavy atom. The number of halogens is 2. The third kappa shape index (κ3) is 2.43. The zero-order valence-electron chi connectivity index (χ0n) is 13.1. The van der Waals surface area contributed by atoms with Crippen molar-refractivity contribution in [3.05, 3.63) is 81.2 Å². The van der Waals surface area contributed by atoms with Crippen LogP contribution in [-0.4, -0.2) is 0 Å². The van der Waals surface area contributed by atoms with Gasteiger partial charge < -0.3 is 10.1 Å². The molecule has 5 rings (SSSR count). The topological polar surface area (TPSA) is 21.3 Å². The number of fused-ring (bicyclic) bond motifs is 6. The van der Waals surface area contributed by atoms with Crippen molar-refractivity contribution in [2.75, 3.05) is 5.32 Å². The molecule has 0 aromatic heterocycles. The molecule has 0 amide bonds. The van der Waals surface area contributed by atoms with Gasteiger partial charge >= 0.3 is 0 Å². The van der Waals surface area contributed by atoms with Gasteiger partial charge in [-0.1, -0.05) is 74.3 Å². The highest BCUT2D eigenvalue weighted by atomic mass is 79.9. The van der Waals surface area contributed by atoms with Crippen LogP contribution in [0.2, 0.25) is 0 Å². The second-order valence-electron chi connectivity index (χ2n) is 6.14. The molecule has 1 N–H and O–H groups in total. The monoisotopic (exact) mass is 453 g/mol. The summed E-state index contributed by atoms with van der Waals surface area (Å²) in [6.45, 7) is 0. The van der Waals surface area contributed by atoms with E-state index in [1.54, 1.807) is 0 Å². The molecule has 1 aliphatic rings. The Labute approximate surface area is 162 Å². The lowest BCUT2D eigenvalue weighted by Crippen LogP contribution is -2.09. The van der Waals surface area contributed by atoms with Gasteiger partial charge in [-0.15, -0.1) is 0 Å².